The van der Waals surface area contributed by atoms with Gasteiger partial charge in [-0.05, 0) is 18.1 Å². The van der Waals surface area contributed by atoms with E-state index in [9.17, 15) is 18.0 Å². The van der Waals surface area contributed by atoms with Crippen molar-refractivity contribution in [3.63, 3.8) is 0 Å². The molecule has 1 atom stereocenters. The van der Waals surface area contributed by atoms with E-state index in [1.54, 1.807) is 24.3 Å². The van der Waals surface area contributed by atoms with E-state index in [-0.39, 0.29) is 4.90 Å². The molecule has 0 saturated heterocycles. The van der Waals surface area contributed by atoms with Gasteiger partial charge in [0.25, 0.3) is 0 Å². The number of hydrogen-bond acceptors (Lipinski definition) is 1. The Morgan fingerprint density at radius 1 is 1.37 bits per heavy atom. The summed E-state index contributed by atoms with van der Waals surface area (Å²) in [6.07, 6.45) is -1.21. The van der Waals surface area contributed by atoms with E-state index in [1.165, 1.54) is 6.92 Å². The van der Waals surface area contributed by atoms with Gasteiger partial charge in [0.05, 0.1) is 6.04 Å². The van der Waals surface area contributed by atoms with Crippen LogP contribution >= 0.6 is 0 Å². The standard InChI is InChI=1S/C13H13F3N2O/c1-2-18(13(14,15)16)12(19)17-11-8-7-9-5-3-4-6-10(9)11/h3-8,11H,2H2,1H3,(H,17,19). The van der Waals surface area contributed by atoms with Crippen LogP contribution < -0.4 is 5.32 Å². The summed E-state index contributed by atoms with van der Waals surface area (Å²) in [4.78, 5) is 11.5. The number of hydrogen-bond donors (Lipinski definition) is 1. The van der Waals surface area contributed by atoms with Crippen LogP contribution in [-0.2, 0) is 0 Å². The lowest BCUT2D eigenvalue weighted by atomic mass is 10.1. The molecule has 1 aliphatic carbocycles. The van der Waals surface area contributed by atoms with Crippen molar-refractivity contribution < 1.29 is 18.0 Å². The predicted octanol–water partition coefficient (Wildman–Crippen LogP) is 3.31. The highest BCUT2D eigenvalue weighted by atomic mass is 19.4. The summed E-state index contributed by atoms with van der Waals surface area (Å²) in [5, 5.41) is 2.37. The molecule has 2 amide bonds. The highest BCUT2D eigenvalue weighted by Crippen LogP contribution is 2.28. The second kappa shape index (κ2) is 4.95. The van der Waals surface area contributed by atoms with Crippen molar-refractivity contribution in [3.8, 4) is 0 Å². The van der Waals surface area contributed by atoms with Crippen molar-refractivity contribution in [2.45, 2.75) is 19.3 Å². The van der Waals surface area contributed by atoms with Crippen LogP contribution in [0.25, 0.3) is 6.08 Å². The van der Waals surface area contributed by atoms with E-state index in [0.717, 1.165) is 11.1 Å². The second-order valence-electron chi connectivity index (χ2n) is 4.13. The van der Waals surface area contributed by atoms with Gasteiger partial charge in [0.15, 0.2) is 0 Å². The van der Waals surface area contributed by atoms with Gasteiger partial charge in [0, 0.05) is 6.54 Å². The molecule has 102 valence electrons. The number of rotatable bonds is 2. The summed E-state index contributed by atoms with van der Waals surface area (Å²) in [5.41, 5.74) is 1.71. The molecule has 0 radical (unpaired) electrons. The zero-order chi connectivity index (χ0) is 14.0. The monoisotopic (exact) mass is 270 g/mol. The fraction of sp³-hybridized carbons (Fsp3) is 0.308. The van der Waals surface area contributed by atoms with Crippen molar-refractivity contribution in [1.29, 1.82) is 0 Å². The van der Waals surface area contributed by atoms with Crippen molar-refractivity contribution in [1.82, 2.24) is 10.2 Å². The molecule has 0 heterocycles. The molecule has 1 aromatic carbocycles. The van der Waals surface area contributed by atoms with Gasteiger partial charge in [-0.25, -0.2) is 9.69 Å². The van der Waals surface area contributed by atoms with Crippen molar-refractivity contribution >= 4 is 12.1 Å². The average Bonchev–Trinajstić information content (AvgIpc) is 2.72. The Labute approximate surface area is 108 Å². The fourth-order valence-corrected chi connectivity index (χ4v) is 2.02. The van der Waals surface area contributed by atoms with E-state index in [2.05, 4.69) is 5.32 Å². The second-order valence-corrected chi connectivity index (χ2v) is 4.13. The number of nitrogens with one attached hydrogen (secondary N) is 1. The van der Waals surface area contributed by atoms with Crippen LogP contribution in [0.15, 0.2) is 30.3 Å². The van der Waals surface area contributed by atoms with Crippen molar-refractivity contribution in [2.75, 3.05) is 6.54 Å². The molecule has 0 aliphatic heterocycles. The number of carbonyl (C=O) groups is 1. The SMILES string of the molecule is CCN(C(=O)NC1C=Cc2ccccc21)C(F)(F)F. The number of halogens is 3. The first-order valence-electron chi connectivity index (χ1n) is 5.85. The van der Waals surface area contributed by atoms with Gasteiger partial charge in [-0.3, -0.25) is 0 Å². The number of alkyl halides is 3. The normalized spacial score (nSPS) is 17.2. The predicted molar refractivity (Wildman–Crippen MR) is 65.2 cm³/mol. The Morgan fingerprint density at radius 2 is 2.05 bits per heavy atom. The van der Waals surface area contributed by atoms with E-state index in [0.29, 0.717) is 0 Å². The first kappa shape index (κ1) is 13.5. The number of benzene rings is 1. The van der Waals surface area contributed by atoms with Crippen LogP contribution in [0.3, 0.4) is 0 Å². The zero-order valence-electron chi connectivity index (χ0n) is 10.2. The molecule has 1 unspecified atom stereocenters. The van der Waals surface area contributed by atoms with Gasteiger partial charge >= 0.3 is 12.3 Å². The number of urea groups is 1. The van der Waals surface area contributed by atoms with E-state index >= 15 is 0 Å². The first-order valence-corrected chi connectivity index (χ1v) is 5.85. The molecule has 19 heavy (non-hydrogen) atoms. The van der Waals surface area contributed by atoms with Crippen LogP contribution in [0, 0.1) is 0 Å². The maximum atomic E-state index is 12.6. The average molecular weight is 270 g/mol. The third kappa shape index (κ3) is 2.72. The molecule has 0 saturated carbocycles. The Hall–Kier alpha value is -1.98. The third-order valence-corrected chi connectivity index (χ3v) is 2.95. The highest BCUT2D eigenvalue weighted by molar-refractivity contribution is 5.77. The minimum Gasteiger partial charge on any atom is -0.327 e. The summed E-state index contributed by atoms with van der Waals surface area (Å²) in [6.45, 7) is 0.860. The molecule has 1 aromatic rings. The topological polar surface area (TPSA) is 32.3 Å². The third-order valence-electron chi connectivity index (χ3n) is 2.95. The van der Waals surface area contributed by atoms with Crippen LogP contribution in [0.1, 0.15) is 24.1 Å². The Bertz CT molecular complexity index is 511. The van der Waals surface area contributed by atoms with Crippen LogP contribution in [0.4, 0.5) is 18.0 Å². The van der Waals surface area contributed by atoms with E-state index < -0.39 is 24.9 Å². The summed E-state index contributed by atoms with van der Waals surface area (Å²) in [6, 6.07) is 5.60. The Balaban J connectivity index is 2.11. The maximum Gasteiger partial charge on any atom is 0.488 e. The summed E-state index contributed by atoms with van der Waals surface area (Å²) >= 11 is 0. The zero-order valence-corrected chi connectivity index (χ0v) is 10.2. The number of amides is 2. The van der Waals surface area contributed by atoms with Gasteiger partial charge in [-0.15, -0.1) is 13.2 Å². The summed E-state index contributed by atoms with van der Waals surface area (Å²) in [7, 11) is 0. The molecule has 0 aromatic heterocycles. The van der Waals surface area contributed by atoms with E-state index in [4.69, 9.17) is 0 Å². The van der Waals surface area contributed by atoms with Crippen LogP contribution in [0.5, 0.6) is 0 Å². The molecular weight excluding hydrogens is 257 g/mol. The quantitative estimate of drug-likeness (QED) is 0.822. The van der Waals surface area contributed by atoms with Gasteiger partial charge in [0.2, 0.25) is 0 Å². The molecule has 3 nitrogen and oxygen atoms in total. The summed E-state index contributed by atoms with van der Waals surface area (Å²) < 4.78 is 37.8. The first-order chi connectivity index (χ1) is 8.93. The lowest BCUT2D eigenvalue weighted by Crippen LogP contribution is -2.48. The maximum absolute atomic E-state index is 12.6. The Kier molecular flexibility index (Phi) is 3.50. The van der Waals surface area contributed by atoms with Crippen LogP contribution in [0.2, 0.25) is 0 Å². The molecule has 2 rings (SSSR count). The number of nitrogens with zero attached hydrogens (tertiary/aromatic N) is 1. The molecule has 0 fully saturated rings. The molecule has 1 N–H and O–H groups in total. The minimum absolute atomic E-state index is 0.151. The lowest BCUT2D eigenvalue weighted by Gasteiger charge is -2.25. The van der Waals surface area contributed by atoms with Crippen molar-refractivity contribution in [2.24, 2.45) is 0 Å². The number of fused-ring (bicyclic) bond motifs is 1. The number of carbonyl (C=O) groups excluding carboxylic acids is 1. The Morgan fingerprint density at radius 3 is 2.68 bits per heavy atom. The molecule has 0 spiro atoms. The van der Waals surface area contributed by atoms with Crippen molar-refractivity contribution in [3.05, 3.63) is 41.5 Å². The van der Waals surface area contributed by atoms with Gasteiger partial charge in [-0.2, -0.15) is 0 Å². The smallest absolute Gasteiger partial charge is 0.327 e. The van der Waals surface area contributed by atoms with Gasteiger partial charge < -0.3 is 5.32 Å². The molecule has 6 heteroatoms. The highest BCUT2D eigenvalue weighted by Gasteiger charge is 2.40. The molecule has 1 aliphatic rings. The summed E-state index contributed by atoms with van der Waals surface area (Å²) in [5.74, 6) is 0. The van der Waals surface area contributed by atoms with Gasteiger partial charge in [-0.1, -0.05) is 36.4 Å². The largest absolute Gasteiger partial charge is 0.488 e. The fourth-order valence-electron chi connectivity index (χ4n) is 2.02. The van der Waals surface area contributed by atoms with E-state index in [1.807, 2.05) is 12.1 Å². The van der Waals surface area contributed by atoms with Gasteiger partial charge in [0.1, 0.15) is 0 Å². The molecule has 0 bridgehead atoms. The van der Waals surface area contributed by atoms with Crippen LogP contribution in [-0.4, -0.2) is 23.8 Å². The minimum atomic E-state index is -4.67. The molecular formula is C13H13F3N2O. The lowest BCUT2D eigenvalue weighted by molar-refractivity contribution is -0.222.